The number of anilines is 1. The third-order valence-corrected chi connectivity index (χ3v) is 4.48. The molecule has 124 valence electrons. The maximum Gasteiger partial charge on any atom is 0.223 e. The number of benzene rings is 2. The molecule has 24 heavy (non-hydrogen) atoms. The lowest BCUT2D eigenvalue weighted by molar-refractivity contribution is 0.304. The van der Waals surface area contributed by atoms with Crippen molar-refractivity contribution < 1.29 is 4.74 Å². The van der Waals surface area contributed by atoms with Gasteiger partial charge in [-0.2, -0.15) is 0 Å². The van der Waals surface area contributed by atoms with Gasteiger partial charge in [0.25, 0.3) is 0 Å². The normalized spacial score (nSPS) is 12.1. The van der Waals surface area contributed by atoms with E-state index in [4.69, 9.17) is 4.74 Å². The van der Waals surface area contributed by atoms with Crippen LogP contribution >= 0.6 is 15.9 Å². The SMILES string of the molecule is CCC(C)Nc1ncc2cc(Br)c(OCc3ccccc3)cc2n1. The Bertz CT molecular complexity index is 823. The van der Waals surface area contributed by atoms with Crippen LogP contribution in [0.3, 0.4) is 0 Å². The van der Waals surface area contributed by atoms with E-state index in [2.05, 4.69) is 45.1 Å². The van der Waals surface area contributed by atoms with E-state index in [1.807, 2.05) is 48.7 Å². The van der Waals surface area contributed by atoms with E-state index >= 15 is 0 Å². The van der Waals surface area contributed by atoms with Gasteiger partial charge in [-0.25, -0.2) is 9.97 Å². The van der Waals surface area contributed by atoms with Crippen molar-refractivity contribution in [2.24, 2.45) is 0 Å². The van der Waals surface area contributed by atoms with Crippen LogP contribution in [0.4, 0.5) is 5.95 Å². The molecule has 0 spiro atoms. The van der Waals surface area contributed by atoms with Crippen molar-refractivity contribution in [1.29, 1.82) is 0 Å². The predicted octanol–water partition coefficient (Wildman–Crippen LogP) is 5.18. The summed E-state index contributed by atoms with van der Waals surface area (Å²) in [6.07, 6.45) is 2.85. The Hall–Kier alpha value is -2.14. The van der Waals surface area contributed by atoms with Crippen molar-refractivity contribution in [1.82, 2.24) is 9.97 Å². The lowest BCUT2D eigenvalue weighted by atomic mass is 10.2. The van der Waals surface area contributed by atoms with Gasteiger partial charge in [-0.1, -0.05) is 37.3 Å². The molecule has 1 aromatic heterocycles. The van der Waals surface area contributed by atoms with Crippen LogP contribution in [0.25, 0.3) is 10.9 Å². The number of nitrogens with one attached hydrogen (secondary N) is 1. The number of hydrogen-bond donors (Lipinski definition) is 1. The van der Waals surface area contributed by atoms with Gasteiger partial charge in [0.15, 0.2) is 0 Å². The van der Waals surface area contributed by atoms with Crippen molar-refractivity contribution in [3.8, 4) is 5.75 Å². The highest BCUT2D eigenvalue weighted by molar-refractivity contribution is 9.10. The summed E-state index contributed by atoms with van der Waals surface area (Å²) >= 11 is 3.56. The second-order valence-corrected chi connectivity index (χ2v) is 6.62. The van der Waals surface area contributed by atoms with Gasteiger partial charge in [-0.05, 0) is 40.9 Å². The van der Waals surface area contributed by atoms with Gasteiger partial charge in [-0.15, -0.1) is 0 Å². The second-order valence-electron chi connectivity index (χ2n) is 5.76. The zero-order chi connectivity index (χ0) is 16.9. The fourth-order valence-corrected chi connectivity index (χ4v) is 2.75. The first-order valence-corrected chi connectivity index (χ1v) is 8.84. The largest absolute Gasteiger partial charge is 0.488 e. The fourth-order valence-electron chi connectivity index (χ4n) is 2.27. The van der Waals surface area contributed by atoms with Gasteiger partial charge in [-0.3, -0.25) is 0 Å². The van der Waals surface area contributed by atoms with Crippen molar-refractivity contribution in [3.63, 3.8) is 0 Å². The first kappa shape index (κ1) is 16.7. The zero-order valence-corrected chi connectivity index (χ0v) is 15.4. The number of nitrogens with zero attached hydrogens (tertiary/aromatic N) is 2. The highest BCUT2D eigenvalue weighted by Crippen LogP contribution is 2.30. The molecule has 0 bridgehead atoms. The summed E-state index contributed by atoms with van der Waals surface area (Å²) in [5.74, 6) is 1.42. The predicted molar refractivity (Wildman–Crippen MR) is 101 cm³/mol. The van der Waals surface area contributed by atoms with Crippen LogP contribution in [0.2, 0.25) is 0 Å². The van der Waals surface area contributed by atoms with E-state index in [0.717, 1.165) is 33.1 Å². The molecule has 1 N–H and O–H groups in total. The average Bonchev–Trinajstić information content (AvgIpc) is 2.61. The number of fused-ring (bicyclic) bond motifs is 1. The molecule has 2 aromatic carbocycles. The van der Waals surface area contributed by atoms with Crippen LogP contribution in [0.1, 0.15) is 25.8 Å². The highest BCUT2D eigenvalue weighted by Gasteiger charge is 2.08. The van der Waals surface area contributed by atoms with Crippen molar-refractivity contribution in [3.05, 3.63) is 58.7 Å². The summed E-state index contributed by atoms with van der Waals surface area (Å²) in [7, 11) is 0. The van der Waals surface area contributed by atoms with Gasteiger partial charge >= 0.3 is 0 Å². The Morgan fingerprint density at radius 3 is 2.75 bits per heavy atom. The average molecular weight is 386 g/mol. The molecule has 0 aliphatic heterocycles. The van der Waals surface area contributed by atoms with Crippen LogP contribution in [0, 0.1) is 0 Å². The Morgan fingerprint density at radius 2 is 2.00 bits per heavy atom. The molecule has 1 unspecified atom stereocenters. The monoisotopic (exact) mass is 385 g/mol. The van der Waals surface area contributed by atoms with Gasteiger partial charge in [0, 0.05) is 23.7 Å². The minimum Gasteiger partial charge on any atom is -0.488 e. The minimum absolute atomic E-state index is 0.340. The van der Waals surface area contributed by atoms with Crippen LogP contribution in [-0.2, 0) is 6.61 Å². The lowest BCUT2D eigenvalue weighted by Gasteiger charge is -2.13. The molecule has 1 atom stereocenters. The van der Waals surface area contributed by atoms with Gasteiger partial charge in [0.1, 0.15) is 12.4 Å². The molecule has 0 aliphatic carbocycles. The van der Waals surface area contributed by atoms with E-state index in [1.165, 1.54) is 0 Å². The minimum atomic E-state index is 0.340. The van der Waals surface area contributed by atoms with E-state index in [1.54, 1.807) is 0 Å². The van der Waals surface area contributed by atoms with Gasteiger partial charge < -0.3 is 10.1 Å². The fraction of sp³-hybridized carbons (Fsp3) is 0.263. The molecular weight excluding hydrogens is 366 g/mol. The maximum absolute atomic E-state index is 5.95. The third-order valence-electron chi connectivity index (χ3n) is 3.86. The summed E-state index contributed by atoms with van der Waals surface area (Å²) in [4.78, 5) is 8.97. The van der Waals surface area contributed by atoms with E-state index < -0.39 is 0 Å². The van der Waals surface area contributed by atoms with Crippen molar-refractivity contribution in [2.45, 2.75) is 32.9 Å². The maximum atomic E-state index is 5.95. The topological polar surface area (TPSA) is 47.0 Å². The zero-order valence-electron chi connectivity index (χ0n) is 13.8. The molecule has 4 nitrogen and oxygen atoms in total. The summed E-state index contributed by atoms with van der Waals surface area (Å²) < 4.78 is 6.85. The molecular formula is C19H20BrN3O. The Morgan fingerprint density at radius 1 is 1.21 bits per heavy atom. The van der Waals surface area contributed by atoms with E-state index in [-0.39, 0.29) is 0 Å². The number of aromatic nitrogens is 2. The first-order chi connectivity index (χ1) is 11.7. The Labute approximate surface area is 150 Å². The number of ether oxygens (including phenoxy) is 1. The standard InChI is InChI=1S/C19H20BrN3O/c1-3-13(2)22-19-21-11-15-9-16(20)18(10-17(15)23-19)24-12-14-7-5-4-6-8-14/h4-11,13H,3,12H2,1-2H3,(H,21,22,23). The van der Waals surface area contributed by atoms with Crippen LogP contribution in [-0.4, -0.2) is 16.0 Å². The third kappa shape index (κ3) is 4.03. The molecule has 1 heterocycles. The molecule has 0 saturated carbocycles. The van der Waals surface area contributed by atoms with Crippen LogP contribution in [0.15, 0.2) is 53.1 Å². The summed E-state index contributed by atoms with van der Waals surface area (Å²) in [5, 5.41) is 4.28. The van der Waals surface area contributed by atoms with Crippen molar-refractivity contribution >= 4 is 32.8 Å². The van der Waals surface area contributed by atoms with Gasteiger partial charge in [0.05, 0.1) is 9.99 Å². The molecule has 0 saturated heterocycles. The first-order valence-electron chi connectivity index (χ1n) is 8.05. The van der Waals surface area contributed by atoms with Crippen LogP contribution in [0.5, 0.6) is 5.75 Å². The smallest absolute Gasteiger partial charge is 0.223 e. The highest BCUT2D eigenvalue weighted by atomic mass is 79.9. The molecule has 0 radical (unpaired) electrons. The van der Waals surface area contributed by atoms with Crippen molar-refractivity contribution in [2.75, 3.05) is 5.32 Å². The number of rotatable bonds is 6. The Balaban J connectivity index is 1.83. The summed E-state index contributed by atoms with van der Waals surface area (Å²) in [6, 6.07) is 14.4. The molecule has 3 aromatic rings. The van der Waals surface area contributed by atoms with E-state index in [9.17, 15) is 0 Å². The molecule has 3 rings (SSSR count). The van der Waals surface area contributed by atoms with Crippen LogP contribution < -0.4 is 10.1 Å². The quantitative estimate of drug-likeness (QED) is 0.634. The Kier molecular flexibility index (Phi) is 5.30. The molecule has 0 aliphatic rings. The number of hydrogen-bond acceptors (Lipinski definition) is 4. The molecule has 0 amide bonds. The summed E-state index contributed by atoms with van der Waals surface area (Å²) in [6.45, 7) is 4.77. The molecule has 5 heteroatoms. The molecule has 0 fully saturated rings. The summed E-state index contributed by atoms with van der Waals surface area (Å²) in [5.41, 5.74) is 1.99. The van der Waals surface area contributed by atoms with E-state index in [0.29, 0.717) is 18.6 Å². The second kappa shape index (κ2) is 7.62. The van der Waals surface area contributed by atoms with Gasteiger partial charge in [0.2, 0.25) is 5.95 Å². The lowest BCUT2D eigenvalue weighted by Crippen LogP contribution is -2.15. The number of halogens is 1.